The minimum atomic E-state index is -0.702. The van der Waals surface area contributed by atoms with Crippen LogP contribution in [0.25, 0.3) is 11.2 Å². The molecule has 0 spiro atoms. The number of carbonyl (C=O) groups is 1. The second-order valence-electron chi connectivity index (χ2n) is 5.35. The molecule has 4 atom stereocenters. The molecule has 2 aliphatic rings. The molecule has 10 nitrogen and oxygen atoms in total. The van der Waals surface area contributed by atoms with Crippen molar-refractivity contribution in [3.63, 3.8) is 0 Å². The molecule has 2 fully saturated rings. The molecule has 2 aromatic rings. The first-order valence-electron chi connectivity index (χ1n) is 6.76. The number of hydrogen-bond donors (Lipinski definition) is 3. The number of nitrogens with zero attached hydrogens (tertiary/aromatic N) is 3. The summed E-state index contributed by atoms with van der Waals surface area (Å²) >= 11 is 0. The van der Waals surface area contributed by atoms with Crippen molar-refractivity contribution >= 4 is 23.1 Å². The third kappa shape index (κ3) is 1.74. The van der Waals surface area contributed by atoms with Gasteiger partial charge in [-0.05, 0) is 0 Å². The second kappa shape index (κ2) is 4.52. The van der Waals surface area contributed by atoms with Gasteiger partial charge < -0.3 is 20.3 Å². The zero-order valence-corrected chi connectivity index (χ0v) is 11.3. The van der Waals surface area contributed by atoms with Gasteiger partial charge in [-0.15, -0.1) is 0 Å². The molecular formula is C12H13N5O5. The minimum absolute atomic E-state index is 0.0454. The van der Waals surface area contributed by atoms with Gasteiger partial charge in [0, 0.05) is 5.92 Å². The van der Waals surface area contributed by atoms with Gasteiger partial charge in [0.15, 0.2) is 23.5 Å². The fourth-order valence-corrected chi connectivity index (χ4v) is 3.10. The monoisotopic (exact) mass is 307 g/mol. The van der Waals surface area contributed by atoms with Crippen LogP contribution in [0.4, 0.5) is 5.95 Å². The lowest BCUT2D eigenvalue weighted by atomic mass is 9.97. The molecule has 0 aromatic carbocycles. The molecule has 2 aromatic heterocycles. The standard InChI is InChI=1S/C12H13N5O5/c13-12-15-9-7(10(20)16-12)14-3-17(9)11-8-4(1-6(19)22-8)5(2-18)21-11/h3-5,8,11,18H,1-2H2,(H3,13,15,16,20)/t4-,5-,8-,11-/m1/s1. The van der Waals surface area contributed by atoms with Crippen LogP contribution in [0.1, 0.15) is 12.6 Å². The molecule has 4 heterocycles. The molecule has 0 unspecified atom stereocenters. The number of aliphatic hydroxyl groups is 1. The van der Waals surface area contributed by atoms with Gasteiger partial charge in [-0.1, -0.05) is 0 Å². The third-order valence-electron chi connectivity index (χ3n) is 4.07. The topological polar surface area (TPSA) is 145 Å². The van der Waals surface area contributed by atoms with E-state index in [1.165, 1.54) is 10.9 Å². The Balaban J connectivity index is 1.82. The van der Waals surface area contributed by atoms with Crippen LogP contribution in [0, 0.1) is 5.92 Å². The highest BCUT2D eigenvalue weighted by Gasteiger charge is 2.52. The Labute approximate surface area is 122 Å². The van der Waals surface area contributed by atoms with Crippen molar-refractivity contribution in [2.45, 2.75) is 24.9 Å². The summed E-state index contributed by atoms with van der Waals surface area (Å²) in [6.45, 7) is -0.225. The molecule has 4 rings (SSSR count). The first kappa shape index (κ1) is 13.2. The van der Waals surface area contributed by atoms with Gasteiger partial charge in [0.2, 0.25) is 5.95 Å². The van der Waals surface area contributed by atoms with E-state index in [-0.39, 0.29) is 42.0 Å². The largest absolute Gasteiger partial charge is 0.457 e. The Morgan fingerprint density at radius 2 is 2.32 bits per heavy atom. The van der Waals surface area contributed by atoms with E-state index in [0.717, 1.165) is 0 Å². The van der Waals surface area contributed by atoms with E-state index in [1.54, 1.807) is 0 Å². The summed E-state index contributed by atoms with van der Waals surface area (Å²) in [6, 6.07) is 0. The summed E-state index contributed by atoms with van der Waals surface area (Å²) in [5.41, 5.74) is 5.46. The molecule has 22 heavy (non-hydrogen) atoms. The van der Waals surface area contributed by atoms with Gasteiger partial charge >= 0.3 is 5.97 Å². The number of aromatic nitrogens is 4. The Hall–Kier alpha value is -2.46. The molecule has 10 heteroatoms. The fraction of sp³-hybridized carbons (Fsp3) is 0.500. The first-order chi connectivity index (χ1) is 10.6. The van der Waals surface area contributed by atoms with E-state index in [2.05, 4.69) is 15.0 Å². The SMILES string of the molecule is Nc1nc2c(ncn2[C@@H]2O[C@H](CO)[C@H]3CC(=O)O[C@H]32)c(=O)[nH]1. The Bertz CT molecular complexity index is 814. The average molecular weight is 307 g/mol. The zero-order valence-electron chi connectivity index (χ0n) is 11.3. The third-order valence-corrected chi connectivity index (χ3v) is 4.07. The Morgan fingerprint density at radius 3 is 3.09 bits per heavy atom. The van der Waals surface area contributed by atoms with Crippen molar-refractivity contribution in [3.05, 3.63) is 16.7 Å². The number of aliphatic hydroxyl groups excluding tert-OH is 1. The number of esters is 1. The lowest BCUT2D eigenvalue weighted by molar-refractivity contribution is -0.149. The van der Waals surface area contributed by atoms with Gasteiger partial charge in [0.05, 0.1) is 25.5 Å². The molecule has 0 saturated carbocycles. The van der Waals surface area contributed by atoms with Gasteiger partial charge in [-0.2, -0.15) is 4.98 Å². The summed E-state index contributed by atoms with van der Waals surface area (Å²) in [5.74, 6) is -0.619. The number of imidazole rings is 1. The maximum Gasteiger partial charge on any atom is 0.306 e. The first-order valence-corrected chi connectivity index (χ1v) is 6.76. The van der Waals surface area contributed by atoms with Crippen LogP contribution >= 0.6 is 0 Å². The van der Waals surface area contributed by atoms with Crippen molar-refractivity contribution in [2.24, 2.45) is 5.92 Å². The average Bonchev–Trinajstić information content (AvgIpc) is 3.11. The lowest BCUT2D eigenvalue weighted by Crippen LogP contribution is -2.24. The van der Waals surface area contributed by atoms with Gasteiger partial charge in [0.25, 0.3) is 5.56 Å². The molecule has 4 N–H and O–H groups in total. The maximum absolute atomic E-state index is 11.8. The van der Waals surface area contributed by atoms with E-state index in [0.29, 0.717) is 0 Å². The predicted molar refractivity (Wildman–Crippen MR) is 71.5 cm³/mol. The second-order valence-corrected chi connectivity index (χ2v) is 5.35. The summed E-state index contributed by atoms with van der Waals surface area (Å²) in [6.07, 6.45) is -0.190. The van der Waals surface area contributed by atoms with Crippen molar-refractivity contribution in [2.75, 3.05) is 12.3 Å². The molecule has 0 aliphatic carbocycles. The summed E-state index contributed by atoms with van der Waals surface area (Å²) in [4.78, 5) is 33.8. The fourth-order valence-electron chi connectivity index (χ4n) is 3.10. The van der Waals surface area contributed by atoms with Crippen LogP contribution in [0.2, 0.25) is 0 Å². The Morgan fingerprint density at radius 1 is 1.50 bits per heavy atom. The number of carbonyl (C=O) groups excluding carboxylic acids is 1. The number of nitrogens with one attached hydrogen (secondary N) is 1. The summed E-state index contributed by atoms with van der Waals surface area (Å²) in [7, 11) is 0. The maximum atomic E-state index is 11.8. The lowest BCUT2D eigenvalue weighted by Gasteiger charge is -2.18. The minimum Gasteiger partial charge on any atom is -0.457 e. The summed E-state index contributed by atoms with van der Waals surface area (Å²) in [5, 5.41) is 9.41. The summed E-state index contributed by atoms with van der Waals surface area (Å²) < 4.78 is 12.6. The van der Waals surface area contributed by atoms with Crippen LogP contribution < -0.4 is 11.3 Å². The smallest absolute Gasteiger partial charge is 0.306 e. The van der Waals surface area contributed by atoms with Crippen molar-refractivity contribution in [1.82, 2.24) is 19.5 Å². The van der Waals surface area contributed by atoms with Crippen molar-refractivity contribution < 1.29 is 19.4 Å². The van der Waals surface area contributed by atoms with Crippen molar-refractivity contribution in [1.29, 1.82) is 0 Å². The number of nitrogens with two attached hydrogens (primary N) is 1. The number of aromatic amines is 1. The normalized spacial score (nSPS) is 30.7. The van der Waals surface area contributed by atoms with Gasteiger partial charge in [-0.3, -0.25) is 19.1 Å². The molecule has 2 saturated heterocycles. The van der Waals surface area contributed by atoms with Crippen LogP contribution in [0.3, 0.4) is 0 Å². The molecule has 0 amide bonds. The highest BCUT2D eigenvalue weighted by atomic mass is 16.6. The number of anilines is 1. The number of ether oxygens (including phenoxy) is 2. The number of fused-ring (bicyclic) bond motifs is 2. The highest BCUT2D eigenvalue weighted by Crippen LogP contribution is 2.42. The van der Waals surface area contributed by atoms with E-state index in [4.69, 9.17) is 15.2 Å². The quantitative estimate of drug-likeness (QED) is 0.570. The van der Waals surface area contributed by atoms with E-state index >= 15 is 0 Å². The van der Waals surface area contributed by atoms with E-state index in [1.807, 2.05) is 0 Å². The van der Waals surface area contributed by atoms with Crippen LogP contribution in [-0.4, -0.2) is 49.4 Å². The number of nitrogen functional groups attached to an aromatic ring is 1. The van der Waals surface area contributed by atoms with Crippen LogP contribution in [0.15, 0.2) is 11.1 Å². The molecule has 0 bridgehead atoms. The van der Waals surface area contributed by atoms with Crippen LogP contribution in [-0.2, 0) is 14.3 Å². The van der Waals surface area contributed by atoms with Gasteiger partial charge in [0.1, 0.15) is 0 Å². The number of rotatable bonds is 2. The zero-order chi connectivity index (χ0) is 15.4. The van der Waals surface area contributed by atoms with Crippen molar-refractivity contribution in [3.8, 4) is 0 Å². The molecular weight excluding hydrogens is 294 g/mol. The van der Waals surface area contributed by atoms with E-state index in [9.17, 15) is 14.7 Å². The molecule has 116 valence electrons. The van der Waals surface area contributed by atoms with E-state index < -0.39 is 24.0 Å². The predicted octanol–water partition coefficient (Wildman–Crippen LogP) is -1.48. The number of hydrogen-bond acceptors (Lipinski definition) is 8. The molecule has 0 radical (unpaired) electrons. The number of H-pyrrole nitrogens is 1. The Kier molecular flexibility index (Phi) is 2.71. The van der Waals surface area contributed by atoms with Crippen LogP contribution in [0.5, 0.6) is 0 Å². The van der Waals surface area contributed by atoms with Gasteiger partial charge in [-0.25, -0.2) is 4.98 Å². The highest BCUT2D eigenvalue weighted by molar-refractivity contribution is 5.73. The molecule has 2 aliphatic heterocycles.